The number of ether oxygens (including phenoxy) is 1. The highest BCUT2D eigenvalue weighted by molar-refractivity contribution is 5.76. The van der Waals surface area contributed by atoms with Gasteiger partial charge < -0.3 is 10.1 Å². The summed E-state index contributed by atoms with van der Waals surface area (Å²) in [7, 11) is 0. The Balaban J connectivity index is 1.74. The van der Waals surface area contributed by atoms with E-state index in [-0.39, 0.29) is 30.7 Å². The summed E-state index contributed by atoms with van der Waals surface area (Å²) in [4.78, 5) is 15.6. The van der Waals surface area contributed by atoms with Crippen molar-refractivity contribution in [2.75, 3.05) is 6.61 Å². The lowest BCUT2D eigenvalue weighted by molar-refractivity contribution is -0.122. The predicted molar refractivity (Wildman–Crippen MR) is 69.5 cm³/mol. The predicted octanol–water partition coefficient (Wildman–Crippen LogP) is 1.59. The fraction of sp³-hybridized carbons (Fsp3) is 0.308. The smallest absolute Gasteiger partial charge is 0.224 e. The van der Waals surface area contributed by atoms with Crippen molar-refractivity contribution >= 4 is 5.91 Å². The number of hydrogen-bond acceptors (Lipinski definition) is 4. The highest BCUT2D eigenvalue weighted by Crippen LogP contribution is 2.15. The van der Waals surface area contributed by atoms with Crippen LogP contribution in [0.1, 0.15) is 25.2 Å². The molecular weight excluding hydrogens is 263 g/mol. The minimum absolute atomic E-state index is 0.107. The van der Waals surface area contributed by atoms with Gasteiger partial charge in [0.2, 0.25) is 5.91 Å². The monoisotopic (exact) mass is 278 g/mol. The number of H-pyrrole nitrogens is 1. The highest BCUT2D eigenvalue weighted by atomic mass is 19.1. The molecule has 2 aromatic rings. The van der Waals surface area contributed by atoms with Crippen molar-refractivity contribution in [1.29, 1.82) is 0 Å². The van der Waals surface area contributed by atoms with Crippen molar-refractivity contribution in [3.63, 3.8) is 0 Å². The van der Waals surface area contributed by atoms with Crippen LogP contribution in [0, 0.1) is 5.82 Å². The molecule has 1 aromatic heterocycles. The zero-order chi connectivity index (χ0) is 14.4. The topological polar surface area (TPSA) is 79.9 Å². The van der Waals surface area contributed by atoms with Crippen LogP contribution < -0.4 is 10.1 Å². The molecule has 0 saturated heterocycles. The minimum atomic E-state index is -0.442. The molecule has 0 fully saturated rings. The average molecular weight is 278 g/mol. The number of carbonyl (C=O) groups excluding carboxylic acids is 1. The van der Waals surface area contributed by atoms with Crippen molar-refractivity contribution in [1.82, 2.24) is 20.5 Å². The van der Waals surface area contributed by atoms with Crippen molar-refractivity contribution < 1.29 is 13.9 Å². The molecule has 0 bridgehead atoms. The van der Waals surface area contributed by atoms with Gasteiger partial charge in [-0.2, -0.15) is 5.10 Å². The quantitative estimate of drug-likeness (QED) is 0.841. The molecule has 0 aliphatic carbocycles. The molecule has 1 amide bonds. The Bertz CT molecular complexity index is 559. The minimum Gasteiger partial charge on any atom is -0.490 e. The molecule has 6 nitrogen and oxygen atoms in total. The van der Waals surface area contributed by atoms with Gasteiger partial charge in [-0.3, -0.25) is 9.89 Å². The summed E-state index contributed by atoms with van der Waals surface area (Å²) < 4.78 is 18.5. The molecule has 20 heavy (non-hydrogen) atoms. The van der Waals surface area contributed by atoms with Crippen LogP contribution in [0.4, 0.5) is 4.39 Å². The maximum absolute atomic E-state index is 13.3. The highest BCUT2D eigenvalue weighted by Gasteiger charge is 2.12. The Morgan fingerprint density at radius 3 is 3.00 bits per heavy atom. The second-order valence-electron chi connectivity index (χ2n) is 4.19. The molecule has 1 atom stereocenters. The molecule has 106 valence electrons. The van der Waals surface area contributed by atoms with Gasteiger partial charge in [-0.15, -0.1) is 0 Å². The van der Waals surface area contributed by atoms with Crippen LogP contribution in [0.2, 0.25) is 0 Å². The van der Waals surface area contributed by atoms with E-state index in [0.717, 1.165) is 0 Å². The summed E-state index contributed by atoms with van der Waals surface area (Å²) in [6, 6.07) is 5.81. The van der Waals surface area contributed by atoms with E-state index in [1.165, 1.54) is 18.5 Å². The van der Waals surface area contributed by atoms with Gasteiger partial charge in [-0.1, -0.05) is 12.1 Å². The molecule has 2 rings (SSSR count). The van der Waals surface area contributed by atoms with E-state index in [9.17, 15) is 9.18 Å². The van der Waals surface area contributed by atoms with Crippen LogP contribution in [0.3, 0.4) is 0 Å². The van der Waals surface area contributed by atoms with Crippen LogP contribution in [0.5, 0.6) is 5.75 Å². The van der Waals surface area contributed by atoms with Crippen LogP contribution in [0.15, 0.2) is 30.6 Å². The second-order valence-corrected chi connectivity index (χ2v) is 4.19. The van der Waals surface area contributed by atoms with Gasteiger partial charge >= 0.3 is 0 Å². The summed E-state index contributed by atoms with van der Waals surface area (Å²) >= 11 is 0. The number of nitrogens with zero attached hydrogens (tertiary/aromatic N) is 2. The van der Waals surface area contributed by atoms with E-state index in [4.69, 9.17) is 4.74 Å². The lowest BCUT2D eigenvalue weighted by Crippen LogP contribution is -2.28. The number of halogens is 1. The van der Waals surface area contributed by atoms with E-state index in [2.05, 4.69) is 20.5 Å². The normalized spacial score (nSPS) is 11.9. The molecule has 1 unspecified atom stereocenters. The summed E-state index contributed by atoms with van der Waals surface area (Å²) in [5.41, 5.74) is 0. The number of benzene rings is 1. The third kappa shape index (κ3) is 3.78. The summed E-state index contributed by atoms with van der Waals surface area (Å²) in [6.07, 6.45) is 1.51. The lowest BCUT2D eigenvalue weighted by atomic mass is 10.3. The Morgan fingerprint density at radius 2 is 2.30 bits per heavy atom. The van der Waals surface area contributed by atoms with E-state index in [1.54, 1.807) is 19.1 Å². The van der Waals surface area contributed by atoms with Crippen LogP contribution >= 0.6 is 0 Å². The molecule has 7 heteroatoms. The van der Waals surface area contributed by atoms with Crippen molar-refractivity contribution in [2.24, 2.45) is 0 Å². The van der Waals surface area contributed by atoms with Crippen LogP contribution in [0.25, 0.3) is 0 Å². The van der Waals surface area contributed by atoms with Crippen molar-refractivity contribution in [2.45, 2.75) is 19.4 Å². The number of aromatic nitrogens is 3. The fourth-order valence-corrected chi connectivity index (χ4v) is 1.62. The van der Waals surface area contributed by atoms with E-state index < -0.39 is 5.82 Å². The first kappa shape index (κ1) is 14.0. The third-order valence-corrected chi connectivity index (χ3v) is 2.64. The van der Waals surface area contributed by atoms with Gasteiger partial charge in [-0.05, 0) is 19.1 Å². The first-order valence-corrected chi connectivity index (χ1v) is 6.19. The molecule has 1 aromatic carbocycles. The first-order chi connectivity index (χ1) is 9.66. The maximum atomic E-state index is 13.3. The van der Waals surface area contributed by atoms with Gasteiger partial charge in [0.1, 0.15) is 12.2 Å². The SMILES string of the molecule is CC(NC(=O)CCOc1ccccc1F)c1ncn[nH]1. The number of amides is 1. The zero-order valence-corrected chi connectivity index (χ0v) is 11.0. The van der Waals surface area contributed by atoms with Gasteiger partial charge in [0.05, 0.1) is 19.1 Å². The average Bonchev–Trinajstić information content (AvgIpc) is 2.95. The van der Waals surface area contributed by atoms with Crippen LogP contribution in [-0.4, -0.2) is 27.7 Å². The van der Waals surface area contributed by atoms with Crippen LogP contribution in [-0.2, 0) is 4.79 Å². The van der Waals surface area contributed by atoms with Crippen molar-refractivity contribution in [3.05, 3.63) is 42.2 Å². The molecule has 0 aliphatic heterocycles. The number of nitrogens with one attached hydrogen (secondary N) is 2. The number of hydrogen-bond donors (Lipinski definition) is 2. The number of para-hydroxylation sites is 1. The van der Waals surface area contributed by atoms with Gasteiger partial charge in [-0.25, -0.2) is 9.37 Å². The van der Waals surface area contributed by atoms with E-state index in [0.29, 0.717) is 5.82 Å². The summed E-state index contributed by atoms with van der Waals surface area (Å²) in [5, 5.41) is 9.12. The Kier molecular flexibility index (Phi) is 4.65. The summed E-state index contributed by atoms with van der Waals surface area (Å²) in [5.74, 6) is 0.0742. The molecule has 0 saturated carbocycles. The zero-order valence-electron chi connectivity index (χ0n) is 11.0. The Labute approximate surface area is 115 Å². The second kappa shape index (κ2) is 6.65. The Morgan fingerprint density at radius 1 is 1.50 bits per heavy atom. The number of carbonyl (C=O) groups is 1. The van der Waals surface area contributed by atoms with E-state index >= 15 is 0 Å². The standard InChI is InChI=1S/C13H15FN4O2/c1-9(13-15-8-16-18-13)17-12(19)6-7-20-11-5-3-2-4-10(11)14/h2-5,8-9H,6-7H2,1H3,(H,17,19)(H,15,16,18). The number of aromatic amines is 1. The molecule has 0 radical (unpaired) electrons. The molecule has 0 spiro atoms. The molecular formula is C13H15FN4O2. The fourth-order valence-electron chi connectivity index (χ4n) is 1.62. The molecule has 1 heterocycles. The first-order valence-electron chi connectivity index (χ1n) is 6.19. The molecule has 0 aliphatic rings. The maximum Gasteiger partial charge on any atom is 0.224 e. The van der Waals surface area contributed by atoms with Crippen molar-refractivity contribution in [3.8, 4) is 5.75 Å². The lowest BCUT2D eigenvalue weighted by Gasteiger charge is -2.11. The summed E-state index contributed by atoms with van der Waals surface area (Å²) in [6.45, 7) is 1.89. The third-order valence-electron chi connectivity index (χ3n) is 2.64. The van der Waals surface area contributed by atoms with E-state index in [1.807, 2.05) is 0 Å². The van der Waals surface area contributed by atoms with Gasteiger partial charge in [0, 0.05) is 0 Å². The van der Waals surface area contributed by atoms with Gasteiger partial charge in [0.25, 0.3) is 0 Å². The largest absolute Gasteiger partial charge is 0.490 e. The molecule has 2 N–H and O–H groups in total. The van der Waals surface area contributed by atoms with Gasteiger partial charge in [0.15, 0.2) is 11.6 Å². The Hall–Kier alpha value is -2.44. The number of rotatable bonds is 6.